The zero-order chi connectivity index (χ0) is 13.7. The lowest BCUT2D eigenvalue weighted by Gasteiger charge is -1.98. The molecule has 0 aliphatic carbocycles. The largest absolute Gasteiger partial charge is 0.469 e. The lowest BCUT2D eigenvalue weighted by atomic mass is 10.3. The lowest BCUT2D eigenvalue weighted by molar-refractivity contribution is -0.139. The van der Waals surface area contributed by atoms with Crippen LogP contribution in [0.25, 0.3) is 0 Å². The van der Waals surface area contributed by atoms with E-state index in [1.54, 1.807) is 0 Å². The third kappa shape index (κ3) is 3.52. The molecule has 0 bridgehead atoms. The number of hydrogen-bond acceptors (Lipinski definition) is 7. The Morgan fingerprint density at radius 1 is 1.28 bits per heavy atom. The molecule has 0 aliphatic rings. The molecule has 1 rings (SSSR count). The number of amides is 1. The van der Waals surface area contributed by atoms with Crippen LogP contribution in [0.2, 0.25) is 0 Å². The fourth-order valence-electron chi connectivity index (χ4n) is 1.14. The number of hydrogen-bond donors (Lipinski definition) is 1. The molecule has 0 saturated carbocycles. The molecule has 7 nitrogen and oxygen atoms in total. The summed E-state index contributed by atoms with van der Waals surface area (Å²) in [5.74, 6) is -1.48. The van der Waals surface area contributed by atoms with Crippen LogP contribution in [-0.2, 0) is 25.5 Å². The number of nitrogens with zero attached hydrogens (tertiary/aromatic N) is 1. The summed E-state index contributed by atoms with van der Waals surface area (Å²) in [6.45, 7) is 1.32. The Hall–Kier alpha value is -1.96. The van der Waals surface area contributed by atoms with Crippen molar-refractivity contribution >= 4 is 34.3 Å². The molecule has 0 unspecified atom stereocenters. The van der Waals surface area contributed by atoms with Crippen molar-refractivity contribution in [2.45, 2.75) is 13.3 Å². The van der Waals surface area contributed by atoms with Crippen LogP contribution in [-0.4, -0.2) is 37.0 Å². The molecule has 0 aromatic carbocycles. The summed E-state index contributed by atoms with van der Waals surface area (Å²) in [7, 11) is 2.46. The van der Waals surface area contributed by atoms with Gasteiger partial charge in [0.15, 0.2) is 10.8 Å². The maximum Gasteiger partial charge on any atom is 0.357 e. The highest BCUT2D eigenvalue weighted by Gasteiger charge is 2.21. The first-order valence-corrected chi connectivity index (χ1v) is 5.72. The monoisotopic (exact) mass is 272 g/mol. The number of ether oxygens (including phenoxy) is 2. The van der Waals surface area contributed by atoms with Gasteiger partial charge in [0.05, 0.1) is 25.5 Å². The molecule has 0 radical (unpaired) electrons. The van der Waals surface area contributed by atoms with Gasteiger partial charge in [0.2, 0.25) is 5.91 Å². The minimum atomic E-state index is -0.665. The molecule has 0 spiro atoms. The van der Waals surface area contributed by atoms with E-state index in [4.69, 9.17) is 0 Å². The fraction of sp³-hybridized carbons (Fsp3) is 0.400. The van der Waals surface area contributed by atoms with Gasteiger partial charge in [-0.1, -0.05) is 0 Å². The SMILES string of the molecule is COC(=O)Cc1sc(NC(C)=O)nc1C(=O)OC. The summed E-state index contributed by atoms with van der Waals surface area (Å²) in [4.78, 5) is 37.9. The first-order chi connectivity index (χ1) is 8.47. The first-order valence-electron chi connectivity index (χ1n) is 4.90. The van der Waals surface area contributed by atoms with E-state index >= 15 is 0 Å². The number of carbonyl (C=O) groups is 3. The van der Waals surface area contributed by atoms with E-state index in [0.717, 1.165) is 11.3 Å². The van der Waals surface area contributed by atoms with Crippen LogP contribution < -0.4 is 5.32 Å². The summed E-state index contributed by atoms with van der Waals surface area (Å²) < 4.78 is 9.06. The third-order valence-electron chi connectivity index (χ3n) is 1.89. The van der Waals surface area contributed by atoms with Gasteiger partial charge in [-0.3, -0.25) is 9.59 Å². The van der Waals surface area contributed by atoms with Crippen LogP contribution in [0.5, 0.6) is 0 Å². The number of methoxy groups -OCH3 is 2. The Balaban J connectivity index is 3.04. The average Bonchev–Trinajstić information content (AvgIpc) is 2.69. The van der Waals surface area contributed by atoms with E-state index in [-0.39, 0.29) is 23.2 Å². The van der Waals surface area contributed by atoms with Crippen LogP contribution in [0.4, 0.5) is 5.13 Å². The predicted molar refractivity (Wildman–Crippen MR) is 63.5 cm³/mol. The molecule has 1 amide bonds. The molecule has 1 heterocycles. The Kier molecular flexibility index (Phi) is 4.78. The Morgan fingerprint density at radius 3 is 2.44 bits per heavy atom. The highest BCUT2D eigenvalue weighted by atomic mass is 32.1. The number of aromatic nitrogens is 1. The van der Waals surface area contributed by atoms with Gasteiger partial charge in [-0.15, -0.1) is 11.3 Å². The maximum absolute atomic E-state index is 11.5. The number of esters is 2. The van der Waals surface area contributed by atoms with Crippen LogP contribution in [0.15, 0.2) is 0 Å². The molecule has 0 saturated heterocycles. The topological polar surface area (TPSA) is 94.6 Å². The zero-order valence-electron chi connectivity index (χ0n) is 10.1. The predicted octanol–water partition coefficient (Wildman–Crippen LogP) is 0.604. The smallest absolute Gasteiger partial charge is 0.357 e. The number of carbonyl (C=O) groups excluding carboxylic acids is 3. The van der Waals surface area contributed by atoms with Crippen LogP contribution in [0.3, 0.4) is 0 Å². The Morgan fingerprint density at radius 2 is 1.94 bits per heavy atom. The van der Waals surface area contributed by atoms with Gasteiger partial charge in [-0.05, 0) is 0 Å². The van der Waals surface area contributed by atoms with E-state index < -0.39 is 11.9 Å². The van der Waals surface area contributed by atoms with E-state index in [9.17, 15) is 14.4 Å². The quantitative estimate of drug-likeness (QED) is 0.807. The highest BCUT2D eigenvalue weighted by molar-refractivity contribution is 7.16. The molecule has 98 valence electrons. The summed E-state index contributed by atoms with van der Waals surface area (Å²) in [5.41, 5.74) is 0.0108. The normalized spacial score (nSPS) is 9.72. The minimum absolute atomic E-state index is 0.0108. The molecule has 0 atom stereocenters. The first kappa shape index (κ1) is 14.1. The molecular weight excluding hydrogens is 260 g/mol. The molecule has 1 aromatic heterocycles. The van der Waals surface area contributed by atoms with Crippen molar-refractivity contribution in [3.63, 3.8) is 0 Å². The third-order valence-corrected chi connectivity index (χ3v) is 2.86. The van der Waals surface area contributed by atoms with Gasteiger partial charge >= 0.3 is 11.9 Å². The molecule has 18 heavy (non-hydrogen) atoms. The fourth-order valence-corrected chi connectivity index (χ4v) is 2.12. The summed E-state index contributed by atoms with van der Waals surface area (Å²) in [5, 5.41) is 2.68. The zero-order valence-corrected chi connectivity index (χ0v) is 10.9. The van der Waals surface area contributed by atoms with E-state index in [0.29, 0.717) is 4.88 Å². The summed E-state index contributed by atoms with van der Waals surface area (Å²) >= 11 is 1.03. The highest BCUT2D eigenvalue weighted by Crippen LogP contribution is 2.24. The van der Waals surface area contributed by atoms with E-state index in [1.165, 1.54) is 21.1 Å². The second kappa shape index (κ2) is 6.10. The second-order valence-electron chi connectivity index (χ2n) is 3.22. The molecule has 1 aromatic rings. The van der Waals surface area contributed by atoms with E-state index in [2.05, 4.69) is 19.8 Å². The van der Waals surface area contributed by atoms with Crippen LogP contribution in [0.1, 0.15) is 22.3 Å². The van der Waals surface area contributed by atoms with Crippen molar-refractivity contribution < 1.29 is 23.9 Å². The molecule has 1 N–H and O–H groups in total. The number of anilines is 1. The summed E-state index contributed by atoms with van der Waals surface area (Å²) in [6.07, 6.45) is -0.0990. The molecule has 0 aliphatic heterocycles. The van der Waals surface area contributed by atoms with Gasteiger partial charge < -0.3 is 14.8 Å². The maximum atomic E-state index is 11.5. The Bertz CT molecular complexity index is 483. The summed E-state index contributed by atoms with van der Waals surface area (Å²) in [6, 6.07) is 0. The van der Waals surface area contributed by atoms with Gasteiger partial charge in [-0.2, -0.15) is 0 Å². The van der Waals surface area contributed by atoms with Crippen molar-refractivity contribution in [2.75, 3.05) is 19.5 Å². The van der Waals surface area contributed by atoms with Gasteiger partial charge in [0, 0.05) is 6.92 Å². The number of nitrogens with one attached hydrogen (secondary N) is 1. The lowest BCUT2D eigenvalue weighted by Crippen LogP contribution is -2.10. The van der Waals surface area contributed by atoms with Gasteiger partial charge in [-0.25, -0.2) is 9.78 Å². The second-order valence-corrected chi connectivity index (χ2v) is 4.30. The number of rotatable bonds is 4. The van der Waals surface area contributed by atoms with Crippen LogP contribution in [0, 0.1) is 0 Å². The van der Waals surface area contributed by atoms with Gasteiger partial charge in [0.25, 0.3) is 0 Å². The minimum Gasteiger partial charge on any atom is -0.469 e. The molecular formula is C10H12N2O5S. The molecule has 0 fully saturated rings. The van der Waals surface area contributed by atoms with Gasteiger partial charge in [0.1, 0.15) is 0 Å². The van der Waals surface area contributed by atoms with Crippen LogP contribution >= 0.6 is 11.3 Å². The Labute approximate surface area is 107 Å². The van der Waals surface area contributed by atoms with Crippen molar-refractivity contribution in [2.24, 2.45) is 0 Å². The average molecular weight is 272 g/mol. The van der Waals surface area contributed by atoms with Crippen molar-refractivity contribution in [3.8, 4) is 0 Å². The number of thiazole rings is 1. The van der Waals surface area contributed by atoms with E-state index in [1.807, 2.05) is 0 Å². The molecule has 8 heteroatoms. The van der Waals surface area contributed by atoms with Crippen molar-refractivity contribution in [1.29, 1.82) is 0 Å². The van der Waals surface area contributed by atoms with Crippen molar-refractivity contribution in [1.82, 2.24) is 4.98 Å². The van der Waals surface area contributed by atoms with Crippen molar-refractivity contribution in [3.05, 3.63) is 10.6 Å². The standard InChI is InChI=1S/C10H12N2O5S/c1-5(13)11-10-12-8(9(15)17-3)6(18-10)4-7(14)16-2/h4H2,1-3H3,(H,11,12,13).